The van der Waals surface area contributed by atoms with E-state index in [0.717, 1.165) is 5.56 Å². The Labute approximate surface area is 121 Å². The molecule has 0 aliphatic carbocycles. The number of ether oxygens (including phenoxy) is 1. The van der Waals surface area contributed by atoms with Crippen LogP contribution in [0.4, 0.5) is 0 Å². The largest absolute Gasteiger partial charge is 0.471 e. The lowest BCUT2D eigenvalue weighted by Gasteiger charge is -2.21. The molecule has 1 unspecified atom stereocenters. The van der Waals surface area contributed by atoms with Gasteiger partial charge in [-0.1, -0.05) is 25.9 Å². The second-order valence-electron chi connectivity index (χ2n) is 5.03. The maximum Gasteiger partial charge on any atom is 0.211 e. The number of Topliss-reactive ketones (excluding diaryl/α,β-unsaturated/α-hetero) is 1. The Balaban J connectivity index is 2.68. The van der Waals surface area contributed by atoms with E-state index in [1.807, 2.05) is 32.9 Å². The van der Waals surface area contributed by atoms with Gasteiger partial charge in [0.25, 0.3) is 0 Å². The van der Waals surface area contributed by atoms with Crippen LogP contribution in [0.15, 0.2) is 29.4 Å². The van der Waals surface area contributed by atoms with Crippen LogP contribution in [0.2, 0.25) is 0 Å². The molecule has 0 aliphatic heterocycles. The van der Waals surface area contributed by atoms with Gasteiger partial charge < -0.3 is 9.57 Å². The third-order valence-electron chi connectivity index (χ3n) is 2.37. The van der Waals surface area contributed by atoms with E-state index < -0.39 is 10.4 Å². The number of hydrogen-bond acceptors (Lipinski definition) is 4. The summed E-state index contributed by atoms with van der Waals surface area (Å²) >= 11 is 3.26. The minimum Gasteiger partial charge on any atom is -0.471 e. The van der Waals surface area contributed by atoms with E-state index in [1.165, 1.54) is 7.11 Å². The summed E-state index contributed by atoms with van der Waals surface area (Å²) in [5.41, 5.74) is 0.446. The molecule has 1 aromatic carbocycles. The molecule has 0 saturated heterocycles. The SMILES string of the molecule is CO/N=C/c1ccc(OC(Br)C(=O)C(C)(C)C)cc1. The first kappa shape index (κ1) is 15.7. The summed E-state index contributed by atoms with van der Waals surface area (Å²) in [5.74, 6) is 0.617. The van der Waals surface area contributed by atoms with Crippen LogP contribution in [0.1, 0.15) is 26.3 Å². The van der Waals surface area contributed by atoms with Gasteiger partial charge in [0.1, 0.15) is 12.9 Å². The molecule has 19 heavy (non-hydrogen) atoms. The zero-order valence-electron chi connectivity index (χ0n) is 11.5. The highest BCUT2D eigenvalue weighted by molar-refractivity contribution is 9.09. The molecule has 1 aromatic rings. The maximum atomic E-state index is 12.0. The van der Waals surface area contributed by atoms with Crippen molar-refractivity contribution in [1.29, 1.82) is 0 Å². The summed E-state index contributed by atoms with van der Waals surface area (Å²) < 4.78 is 5.55. The first-order valence-electron chi connectivity index (χ1n) is 5.86. The predicted octanol–water partition coefficient (Wildman–Crippen LogP) is 3.38. The van der Waals surface area contributed by atoms with Gasteiger partial charge in [0, 0.05) is 5.41 Å². The van der Waals surface area contributed by atoms with Gasteiger partial charge in [-0.25, -0.2) is 0 Å². The number of halogens is 1. The summed E-state index contributed by atoms with van der Waals surface area (Å²) in [6.45, 7) is 5.58. The van der Waals surface area contributed by atoms with E-state index in [4.69, 9.17) is 4.74 Å². The fourth-order valence-electron chi connectivity index (χ4n) is 1.26. The average molecular weight is 328 g/mol. The van der Waals surface area contributed by atoms with Gasteiger partial charge in [-0.3, -0.25) is 4.79 Å². The van der Waals surface area contributed by atoms with Crippen LogP contribution in [0.3, 0.4) is 0 Å². The molecule has 104 valence electrons. The number of benzene rings is 1. The number of oxime groups is 1. The van der Waals surface area contributed by atoms with E-state index in [1.54, 1.807) is 18.3 Å². The molecule has 0 bridgehead atoms. The quantitative estimate of drug-likeness (QED) is 0.473. The van der Waals surface area contributed by atoms with E-state index in [-0.39, 0.29) is 5.78 Å². The third-order valence-corrected chi connectivity index (χ3v) is 2.97. The first-order valence-corrected chi connectivity index (χ1v) is 6.78. The molecular formula is C14H18BrNO3. The van der Waals surface area contributed by atoms with Gasteiger partial charge in [0.05, 0.1) is 6.21 Å². The van der Waals surface area contributed by atoms with Gasteiger partial charge in [-0.2, -0.15) is 0 Å². The Kier molecular flexibility index (Phi) is 5.54. The predicted molar refractivity (Wildman–Crippen MR) is 78.9 cm³/mol. The Morgan fingerprint density at radius 2 is 1.89 bits per heavy atom. The van der Waals surface area contributed by atoms with Crippen molar-refractivity contribution in [2.24, 2.45) is 10.6 Å². The van der Waals surface area contributed by atoms with E-state index in [2.05, 4.69) is 25.9 Å². The molecule has 1 atom stereocenters. The average Bonchev–Trinajstić information content (AvgIpc) is 2.36. The summed E-state index contributed by atoms with van der Waals surface area (Å²) in [4.78, 5) is 16.6. The number of ketones is 1. The lowest BCUT2D eigenvalue weighted by molar-refractivity contribution is -0.129. The van der Waals surface area contributed by atoms with Crippen LogP contribution in [0, 0.1) is 5.41 Å². The smallest absolute Gasteiger partial charge is 0.211 e. The molecule has 0 amide bonds. The maximum absolute atomic E-state index is 12.0. The highest BCUT2D eigenvalue weighted by Gasteiger charge is 2.29. The van der Waals surface area contributed by atoms with Crippen molar-refractivity contribution in [2.45, 2.75) is 25.8 Å². The summed E-state index contributed by atoms with van der Waals surface area (Å²) in [5, 5.41) is 3.02. The lowest BCUT2D eigenvalue weighted by atomic mass is 9.91. The second kappa shape index (κ2) is 6.70. The van der Waals surface area contributed by atoms with Crippen LogP contribution in [-0.2, 0) is 9.63 Å². The fourth-order valence-corrected chi connectivity index (χ4v) is 2.16. The van der Waals surface area contributed by atoms with Crippen molar-refractivity contribution < 1.29 is 14.4 Å². The van der Waals surface area contributed by atoms with Crippen LogP contribution >= 0.6 is 15.9 Å². The summed E-state index contributed by atoms with van der Waals surface area (Å²) in [6.07, 6.45) is 1.59. The highest BCUT2D eigenvalue weighted by atomic mass is 79.9. The minimum absolute atomic E-state index is 0.00229. The summed E-state index contributed by atoms with van der Waals surface area (Å²) in [6, 6.07) is 7.22. The molecule has 0 saturated carbocycles. The number of nitrogens with zero attached hydrogens (tertiary/aromatic N) is 1. The van der Waals surface area contributed by atoms with Gasteiger partial charge in [-0.15, -0.1) is 0 Å². The van der Waals surface area contributed by atoms with Crippen LogP contribution in [0.25, 0.3) is 0 Å². The molecule has 4 nitrogen and oxygen atoms in total. The lowest BCUT2D eigenvalue weighted by Crippen LogP contribution is -2.32. The molecule has 0 fully saturated rings. The molecule has 0 spiro atoms. The van der Waals surface area contributed by atoms with Gasteiger partial charge >= 0.3 is 0 Å². The first-order chi connectivity index (χ1) is 8.84. The molecule has 1 rings (SSSR count). The molecule has 5 heteroatoms. The van der Waals surface area contributed by atoms with Crippen molar-refractivity contribution >= 4 is 27.9 Å². The monoisotopic (exact) mass is 327 g/mol. The van der Waals surface area contributed by atoms with Crippen molar-refractivity contribution in [3.05, 3.63) is 29.8 Å². The number of rotatable bonds is 5. The minimum atomic E-state index is -0.647. The Morgan fingerprint density at radius 3 is 2.37 bits per heavy atom. The van der Waals surface area contributed by atoms with E-state index >= 15 is 0 Å². The Bertz CT molecular complexity index is 449. The van der Waals surface area contributed by atoms with Crippen LogP contribution in [-0.4, -0.2) is 24.1 Å². The number of hydrogen-bond donors (Lipinski definition) is 0. The van der Waals surface area contributed by atoms with E-state index in [0.29, 0.717) is 5.75 Å². The van der Waals surface area contributed by atoms with Gasteiger partial charge in [-0.05, 0) is 45.8 Å². The highest BCUT2D eigenvalue weighted by Crippen LogP contribution is 2.23. The second-order valence-corrected chi connectivity index (χ2v) is 5.87. The van der Waals surface area contributed by atoms with Crippen molar-refractivity contribution in [2.75, 3.05) is 7.11 Å². The van der Waals surface area contributed by atoms with Crippen LogP contribution in [0.5, 0.6) is 5.75 Å². The van der Waals surface area contributed by atoms with Gasteiger partial charge in [0.2, 0.25) is 5.01 Å². The normalized spacial score (nSPS) is 13.3. The zero-order chi connectivity index (χ0) is 14.5. The number of carbonyl (C=O) groups excluding carboxylic acids is 1. The zero-order valence-corrected chi connectivity index (χ0v) is 13.1. The van der Waals surface area contributed by atoms with Crippen LogP contribution < -0.4 is 4.74 Å². The molecule has 0 N–H and O–H groups in total. The summed E-state index contributed by atoms with van der Waals surface area (Å²) in [7, 11) is 1.49. The fraction of sp³-hybridized carbons (Fsp3) is 0.429. The van der Waals surface area contributed by atoms with Crippen molar-refractivity contribution in [1.82, 2.24) is 0 Å². The molecule has 0 aromatic heterocycles. The Morgan fingerprint density at radius 1 is 1.32 bits per heavy atom. The van der Waals surface area contributed by atoms with Crippen molar-refractivity contribution in [3.8, 4) is 5.75 Å². The van der Waals surface area contributed by atoms with Crippen molar-refractivity contribution in [3.63, 3.8) is 0 Å². The topological polar surface area (TPSA) is 47.9 Å². The molecule has 0 radical (unpaired) electrons. The molecule has 0 heterocycles. The Hall–Kier alpha value is -1.36. The molecular weight excluding hydrogens is 310 g/mol. The number of alkyl halides is 1. The third kappa shape index (κ3) is 5.03. The van der Waals surface area contributed by atoms with E-state index in [9.17, 15) is 4.79 Å². The molecule has 0 aliphatic rings. The standard InChI is InChI=1S/C14H18BrNO3/c1-14(2,3)12(17)13(15)19-11-7-5-10(6-8-11)9-16-18-4/h5-9,13H,1-4H3/b16-9+. The number of carbonyl (C=O) groups is 1. The van der Waals surface area contributed by atoms with Gasteiger partial charge in [0.15, 0.2) is 5.78 Å².